The van der Waals surface area contributed by atoms with E-state index in [1.165, 1.54) is 18.3 Å². The van der Waals surface area contributed by atoms with E-state index in [-0.39, 0.29) is 9.92 Å². The number of aromatic nitrogens is 1. The standard InChI is InChI=1S/C12H10ClF2N3O2S/c1-16-11-6-8(2-3-17-11)21(19,20)18-12-9(13)4-7(14)5-10(12)15/h2-6,18H,1H3,(H,16,17). The molecule has 0 radical (unpaired) electrons. The normalized spacial score (nSPS) is 11.2. The number of nitrogens with one attached hydrogen (secondary N) is 2. The van der Waals surface area contributed by atoms with Crippen molar-refractivity contribution in [1.29, 1.82) is 0 Å². The van der Waals surface area contributed by atoms with E-state index in [4.69, 9.17) is 11.6 Å². The number of sulfonamides is 1. The summed E-state index contributed by atoms with van der Waals surface area (Å²) >= 11 is 5.66. The Balaban J connectivity index is 2.42. The van der Waals surface area contributed by atoms with E-state index in [9.17, 15) is 17.2 Å². The minimum atomic E-state index is -4.08. The molecule has 0 atom stereocenters. The smallest absolute Gasteiger partial charge is 0.262 e. The van der Waals surface area contributed by atoms with E-state index in [1.807, 2.05) is 4.72 Å². The lowest BCUT2D eigenvalue weighted by Crippen LogP contribution is -2.15. The molecule has 0 aliphatic rings. The molecule has 2 aromatic rings. The summed E-state index contributed by atoms with van der Waals surface area (Å²) in [4.78, 5) is 3.73. The fourth-order valence-corrected chi connectivity index (χ4v) is 2.95. The molecular formula is C12H10ClF2N3O2S. The highest BCUT2D eigenvalue weighted by Gasteiger charge is 2.20. The van der Waals surface area contributed by atoms with Gasteiger partial charge in [0.1, 0.15) is 17.3 Å². The van der Waals surface area contributed by atoms with Crippen molar-refractivity contribution in [2.45, 2.75) is 4.90 Å². The van der Waals surface area contributed by atoms with Crippen molar-refractivity contribution in [2.24, 2.45) is 0 Å². The third kappa shape index (κ3) is 3.40. The van der Waals surface area contributed by atoms with Gasteiger partial charge in [-0.3, -0.25) is 4.72 Å². The van der Waals surface area contributed by atoms with Gasteiger partial charge < -0.3 is 5.32 Å². The molecule has 21 heavy (non-hydrogen) atoms. The number of rotatable bonds is 4. The first kappa shape index (κ1) is 15.5. The van der Waals surface area contributed by atoms with Crippen LogP contribution >= 0.6 is 11.6 Å². The van der Waals surface area contributed by atoms with Crippen LogP contribution < -0.4 is 10.0 Å². The van der Waals surface area contributed by atoms with E-state index in [1.54, 1.807) is 7.05 Å². The van der Waals surface area contributed by atoms with E-state index < -0.39 is 27.3 Å². The van der Waals surface area contributed by atoms with E-state index >= 15 is 0 Å². The van der Waals surface area contributed by atoms with Crippen molar-refractivity contribution in [3.8, 4) is 0 Å². The topological polar surface area (TPSA) is 71.1 Å². The van der Waals surface area contributed by atoms with Gasteiger partial charge in [0.25, 0.3) is 10.0 Å². The molecule has 2 N–H and O–H groups in total. The zero-order valence-corrected chi connectivity index (χ0v) is 12.3. The summed E-state index contributed by atoms with van der Waals surface area (Å²) in [5.41, 5.74) is -0.513. The lowest BCUT2D eigenvalue weighted by molar-refractivity contribution is 0.583. The van der Waals surface area contributed by atoms with Gasteiger partial charge in [-0.15, -0.1) is 0 Å². The predicted octanol–water partition coefficient (Wildman–Crippen LogP) is 2.86. The monoisotopic (exact) mass is 333 g/mol. The first-order valence-electron chi connectivity index (χ1n) is 5.64. The van der Waals surface area contributed by atoms with Crippen LogP contribution in [-0.4, -0.2) is 20.4 Å². The zero-order chi connectivity index (χ0) is 15.6. The minimum Gasteiger partial charge on any atom is -0.373 e. The van der Waals surface area contributed by atoms with Crippen molar-refractivity contribution >= 4 is 33.1 Å². The summed E-state index contributed by atoms with van der Waals surface area (Å²) in [5.74, 6) is -1.68. The first-order chi connectivity index (χ1) is 9.83. The molecule has 112 valence electrons. The molecule has 0 saturated carbocycles. The van der Waals surface area contributed by atoms with Crippen LogP contribution in [0.15, 0.2) is 35.4 Å². The number of benzene rings is 1. The molecule has 0 aliphatic heterocycles. The van der Waals surface area contributed by atoms with Crippen molar-refractivity contribution in [1.82, 2.24) is 4.98 Å². The lowest BCUT2D eigenvalue weighted by atomic mass is 10.3. The fraction of sp³-hybridized carbons (Fsp3) is 0.0833. The van der Waals surface area contributed by atoms with E-state index in [0.29, 0.717) is 11.9 Å². The molecule has 0 unspecified atom stereocenters. The number of anilines is 2. The van der Waals surface area contributed by atoms with Crippen LogP contribution in [0.3, 0.4) is 0 Å². The van der Waals surface area contributed by atoms with Crippen molar-refractivity contribution in [2.75, 3.05) is 17.1 Å². The summed E-state index contributed by atoms with van der Waals surface area (Å²) in [6.45, 7) is 0. The van der Waals surface area contributed by atoms with Crippen LogP contribution in [0.1, 0.15) is 0 Å². The quantitative estimate of drug-likeness (QED) is 0.902. The second-order valence-electron chi connectivity index (χ2n) is 3.98. The molecule has 9 heteroatoms. The number of nitrogens with zero attached hydrogens (tertiary/aromatic N) is 1. The van der Waals surface area contributed by atoms with Gasteiger partial charge in [0.15, 0.2) is 5.82 Å². The SMILES string of the molecule is CNc1cc(S(=O)(=O)Nc2c(F)cc(F)cc2Cl)ccn1. The number of halogens is 3. The molecule has 0 saturated heterocycles. The molecule has 1 aromatic carbocycles. The Labute approximate surface area is 125 Å². The zero-order valence-electron chi connectivity index (χ0n) is 10.7. The molecule has 1 heterocycles. The lowest BCUT2D eigenvalue weighted by Gasteiger charge is -2.11. The Morgan fingerprint density at radius 2 is 1.95 bits per heavy atom. The summed E-state index contributed by atoms with van der Waals surface area (Å²) < 4.78 is 52.9. The van der Waals surface area contributed by atoms with Gasteiger partial charge in [-0.25, -0.2) is 22.2 Å². The average Bonchev–Trinajstić information content (AvgIpc) is 2.43. The second kappa shape index (κ2) is 5.82. The third-order valence-corrected chi connectivity index (χ3v) is 4.19. The molecule has 0 spiro atoms. The molecule has 1 aromatic heterocycles. The van der Waals surface area contributed by atoms with Crippen LogP contribution in [0.4, 0.5) is 20.3 Å². The van der Waals surface area contributed by atoms with Gasteiger partial charge in [0, 0.05) is 25.4 Å². The van der Waals surface area contributed by atoms with Gasteiger partial charge in [-0.2, -0.15) is 0 Å². The summed E-state index contributed by atoms with van der Waals surface area (Å²) in [7, 11) is -2.51. The minimum absolute atomic E-state index is 0.137. The van der Waals surface area contributed by atoms with Gasteiger partial charge >= 0.3 is 0 Å². The summed E-state index contributed by atoms with van der Waals surface area (Å²) in [6, 6.07) is 3.85. The highest BCUT2D eigenvalue weighted by Crippen LogP contribution is 2.28. The maximum atomic E-state index is 13.6. The molecule has 2 rings (SSSR count). The number of pyridine rings is 1. The number of hydrogen-bond donors (Lipinski definition) is 2. The average molecular weight is 334 g/mol. The molecule has 5 nitrogen and oxygen atoms in total. The summed E-state index contributed by atoms with van der Waals surface area (Å²) in [5, 5.41) is 2.30. The van der Waals surface area contributed by atoms with Crippen LogP contribution in [0.5, 0.6) is 0 Å². The van der Waals surface area contributed by atoms with Crippen molar-refractivity contribution in [3.63, 3.8) is 0 Å². The largest absolute Gasteiger partial charge is 0.373 e. The van der Waals surface area contributed by atoms with Gasteiger partial charge in [0.2, 0.25) is 0 Å². The maximum absolute atomic E-state index is 13.6. The Morgan fingerprint density at radius 3 is 2.57 bits per heavy atom. The third-order valence-electron chi connectivity index (χ3n) is 2.54. The van der Waals surface area contributed by atoms with Crippen LogP contribution in [0.2, 0.25) is 5.02 Å². The van der Waals surface area contributed by atoms with Crippen molar-refractivity contribution < 1.29 is 17.2 Å². The Bertz CT molecular complexity index is 761. The highest BCUT2D eigenvalue weighted by molar-refractivity contribution is 7.92. The molecule has 0 fully saturated rings. The van der Waals surface area contributed by atoms with E-state index in [0.717, 1.165) is 6.07 Å². The predicted molar refractivity (Wildman–Crippen MR) is 76.0 cm³/mol. The highest BCUT2D eigenvalue weighted by atomic mass is 35.5. The maximum Gasteiger partial charge on any atom is 0.262 e. The Hall–Kier alpha value is -1.93. The van der Waals surface area contributed by atoms with Gasteiger partial charge in [-0.05, 0) is 12.1 Å². The van der Waals surface area contributed by atoms with E-state index in [2.05, 4.69) is 10.3 Å². The first-order valence-corrected chi connectivity index (χ1v) is 7.51. The van der Waals surface area contributed by atoms with Crippen molar-refractivity contribution in [3.05, 3.63) is 47.1 Å². The Kier molecular flexibility index (Phi) is 4.29. The second-order valence-corrected chi connectivity index (χ2v) is 6.07. The Morgan fingerprint density at radius 1 is 1.24 bits per heavy atom. The fourth-order valence-electron chi connectivity index (χ4n) is 1.55. The molecular weight excluding hydrogens is 324 g/mol. The van der Waals surface area contributed by atoms with Gasteiger partial charge in [-0.1, -0.05) is 11.6 Å². The van der Waals surface area contributed by atoms with Gasteiger partial charge in [0.05, 0.1) is 9.92 Å². The van der Waals surface area contributed by atoms with Crippen LogP contribution in [0.25, 0.3) is 0 Å². The molecule has 0 aliphatic carbocycles. The van der Waals surface area contributed by atoms with Crippen LogP contribution in [0, 0.1) is 11.6 Å². The molecule has 0 bridgehead atoms. The molecule has 0 amide bonds. The number of hydrogen-bond acceptors (Lipinski definition) is 4. The van der Waals surface area contributed by atoms with Crippen LogP contribution in [-0.2, 0) is 10.0 Å². The summed E-state index contributed by atoms with van der Waals surface area (Å²) in [6.07, 6.45) is 1.28.